The van der Waals surface area contributed by atoms with Crippen molar-refractivity contribution in [1.29, 1.82) is 0 Å². The molecule has 0 N–H and O–H groups in total. The first-order chi connectivity index (χ1) is 9.74. The van der Waals surface area contributed by atoms with Gasteiger partial charge in [0.25, 0.3) is 0 Å². The van der Waals surface area contributed by atoms with Crippen LogP contribution in [0.1, 0.15) is 16.1 Å². The number of rotatable bonds is 3. The van der Waals surface area contributed by atoms with Gasteiger partial charge >= 0.3 is 0 Å². The van der Waals surface area contributed by atoms with E-state index in [1.54, 1.807) is 12.3 Å². The van der Waals surface area contributed by atoms with Crippen molar-refractivity contribution in [2.24, 2.45) is 0 Å². The highest BCUT2D eigenvalue weighted by atomic mass is 35.5. The van der Waals surface area contributed by atoms with Crippen molar-refractivity contribution in [2.75, 3.05) is 0 Å². The van der Waals surface area contributed by atoms with E-state index in [0.717, 1.165) is 11.1 Å². The standard InChI is InChI=1S/C15H10ClN3O/c16-11-8-17-6-5-10(11)7-15(20)14-9-18-12-3-1-2-4-13(12)19-14/h1-6,8-9H,7H2. The second-order valence-corrected chi connectivity index (χ2v) is 4.72. The Morgan fingerprint density at radius 2 is 1.90 bits per heavy atom. The van der Waals surface area contributed by atoms with E-state index in [1.165, 1.54) is 12.4 Å². The maximum absolute atomic E-state index is 12.2. The number of ketones is 1. The molecular formula is C15H10ClN3O. The van der Waals surface area contributed by atoms with Crippen LogP contribution in [0.25, 0.3) is 11.0 Å². The Kier molecular flexibility index (Phi) is 3.39. The molecular weight excluding hydrogens is 274 g/mol. The number of halogens is 1. The van der Waals surface area contributed by atoms with Gasteiger partial charge in [0.2, 0.25) is 0 Å². The Morgan fingerprint density at radius 3 is 2.70 bits per heavy atom. The molecule has 0 amide bonds. The lowest BCUT2D eigenvalue weighted by atomic mass is 10.1. The van der Waals surface area contributed by atoms with E-state index in [-0.39, 0.29) is 12.2 Å². The summed E-state index contributed by atoms with van der Waals surface area (Å²) in [4.78, 5) is 24.7. The number of pyridine rings is 1. The largest absolute Gasteiger partial charge is 0.292 e. The molecule has 0 aliphatic carbocycles. The van der Waals surface area contributed by atoms with E-state index in [2.05, 4.69) is 15.0 Å². The fourth-order valence-electron chi connectivity index (χ4n) is 1.90. The third kappa shape index (κ3) is 2.51. The number of carbonyl (C=O) groups excluding carboxylic acids is 1. The van der Waals surface area contributed by atoms with Gasteiger partial charge in [0.1, 0.15) is 5.69 Å². The van der Waals surface area contributed by atoms with Crippen molar-refractivity contribution < 1.29 is 4.79 Å². The maximum Gasteiger partial charge on any atom is 0.187 e. The minimum atomic E-state index is -0.114. The molecule has 2 heterocycles. The van der Waals surface area contributed by atoms with Crippen LogP contribution in [0.3, 0.4) is 0 Å². The van der Waals surface area contributed by atoms with Crippen LogP contribution >= 0.6 is 11.6 Å². The quantitative estimate of drug-likeness (QED) is 0.693. The van der Waals surface area contributed by atoms with Crippen molar-refractivity contribution in [2.45, 2.75) is 6.42 Å². The summed E-state index contributed by atoms with van der Waals surface area (Å²) in [6.07, 6.45) is 4.82. The molecule has 0 spiro atoms. The molecule has 4 nitrogen and oxygen atoms in total. The van der Waals surface area contributed by atoms with Gasteiger partial charge < -0.3 is 0 Å². The summed E-state index contributed by atoms with van der Waals surface area (Å²) in [5.74, 6) is -0.114. The predicted molar refractivity (Wildman–Crippen MR) is 76.8 cm³/mol. The molecule has 0 saturated heterocycles. The highest BCUT2D eigenvalue weighted by Crippen LogP contribution is 2.16. The van der Waals surface area contributed by atoms with Crippen LogP contribution in [-0.4, -0.2) is 20.7 Å². The summed E-state index contributed by atoms with van der Waals surface area (Å²) in [5.41, 5.74) is 2.56. The number of para-hydroxylation sites is 2. The number of nitrogens with zero attached hydrogens (tertiary/aromatic N) is 3. The lowest BCUT2D eigenvalue weighted by Gasteiger charge is -2.03. The van der Waals surface area contributed by atoms with Crippen molar-refractivity contribution in [1.82, 2.24) is 15.0 Å². The van der Waals surface area contributed by atoms with Crippen LogP contribution in [0.15, 0.2) is 48.9 Å². The molecule has 0 unspecified atom stereocenters. The number of hydrogen-bond donors (Lipinski definition) is 0. The number of hydrogen-bond acceptors (Lipinski definition) is 4. The molecule has 0 fully saturated rings. The molecule has 20 heavy (non-hydrogen) atoms. The van der Waals surface area contributed by atoms with Crippen LogP contribution in [0.4, 0.5) is 0 Å². The zero-order chi connectivity index (χ0) is 13.9. The first kappa shape index (κ1) is 12.7. The first-order valence-corrected chi connectivity index (χ1v) is 6.45. The van der Waals surface area contributed by atoms with E-state index in [4.69, 9.17) is 11.6 Å². The van der Waals surface area contributed by atoms with Gasteiger partial charge in [0.05, 0.1) is 22.3 Å². The monoisotopic (exact) mass is 283 g/mol. The molecule has 3 aromatic rings. The van der Waals surface area contributed by atoms with E-state index in [0.29, 0.717) is 16.2 Å². The predicted octanol–water partition coefficient (Wildman–Crippen LogP) is 3.10. The molecule has 2 aromatic heterocycles. The summed E-state index contributed by atoms with van der Waals surface area (Å²) in [5, 5.41) is 0.481. The van der Waals surface area contributed by atoms with Crippen LogP contribution in [0.5, 0.6) is 0 Å². The Bertz CT molecular complexity index is 789. The Labute approximate surface area is 120 Å². The van der Waals surface area contributed by atoms with Gasteiger partial charge in [-0.2, -0.15) is 0 Å². The number of carbonyl (C=O) groups is 1. The van der Waals surface area contributed by atoms with Gasteiger partial charge in [-0.3, -0.25) is 14.8 Å². The Morgan fingerprint density at radius 1 is 1.10 bits per heavy atom. The third-order valence-corrected chi connectivity index (χ3v) is 3.28. The zero-order valence-corrected chi connectivity index (χ0v) is 11.2. The highest BCUT2D eigenvalue weighted by molar-refractivity contribution is 6.31. The van der Waals surface area contributed by atoms with Crippen LogP contribution < -0.4 is 0 Å². The number of aromatic nitrogens is 3. The SMILES string of the molecule is O=C(Cc1ccncc1Cl)c1cnc2ccccc2n1. The molecule has 5 heteroatoms. The summed E-state index contributed by atoms with van der Waals surface area (Å²) in [6, 6.07) is 9.17. The molecule has 98 valence electrons. The second kappa shape index (κ2) is 5.35. The average Bonchev–Trinajstić information content (AvgIpc) is 2.49. The maximum atomic E-state index is 12.2. The van der Waals surface area contributed by atoms with E-state index in [9.17, 15) is 4.79 Å². The lowest BCUT2D eigenvalue weighted by Crippen LogP contribution is -2.07. The van der Waals surface area contributed by atoms with Crippen molar-refractivity contribution in [3.63, 3.8) is 0 Å². The summed E-state index contributed by atoms with van der Waals surface area (Å²) < 4.78 is 0. The van der Waals surface area contributed by atoms with Crippen LogP contribution in [0, 0.1) is 0 Å². The fourth-order valence-corrected chi connectivity index (χ4v) is 2.09. The van der Waals surface area contributed by atoms with Gasteiger partial charge in [-0.25, -0.2) is 4.98 Å². The molecule has 0 atom stereocenters. The molecule has 0 bridgehead atoms. The van der Waals surface area contributed by atoms with Gasteiger partial charge in [-0.05, 0) is 23.8 Å². The van der Waals surface area contributed by atoms with Gasteiger partial charge in [-0.1, -0.05) is 23.7 Å². The third-order valence-electron chi connectivity index (χ3n) is 2.94. The Balaban J connectivity index is 1.91. The topological polar surface area (TPSA) is 55.7 Å². The Hall–Kier alpha value is -2.33. The van der Waals surface area contributed by atoms with E-state index < -0.39 is 0 Å². The highest BCUT2D eigenvalue weighted by Gasteiger charge is 2.12. The summed E-state index contributed by atoms with van der Waals surface area (Å²) >= 11 is 6.00. The molecule has 3 rings (SSSR count). The van der Waals surface area contributed by atoms with Crippen molar-refractivity contribution in [3.8, 4) is 0 Å². The van der Waals surface area contributed by atoms with E-state index >= 15 is 0 Å². The minimum absolute atomic E-state index is 0.114. The normalized spacial score (nSPS) is 10.7. The molecule has 1 aromatic carbocycles. The smallest absolute Gasteiger partial charge is 0.187 e. The molecule has 0 aliphatic rings. The van der Waals surface area contributed by atoms with Gasteiger partial charge in [-0.15, -0.1) is 0 Å². The van der Waals surface area contributed by atoms with Gasteiger partial charge in [0.15, 0.2) is 5.78 Å². The second-order valence-electron chi connectivity index (χ2n) is 4.31. The average molecular weight is 284 g/mol. The first-order valence-electron chi connectivity index (χ1n) is 6.07. The van der Waals surface area contributed by atoms with Crippen LogP contribution in [0.2, 0.25) is 5.02 Å². The van der Waals surface area contributed by atoms with Crippen LogP contribution in [-0.2, 0) is 6.42 Å². The summed E-state index contributed by atoms with van der Waals surface area (Å²) in [6.45, 7) is 0. The number of benzene rings is 1. The molecule has 0 aliphatic heterocycles. The number of fused-ring (bicyclic) bond motifs is 1. The zero-order valence-electron chi connectivity index (χ0n) is 10.5. The molecule has 0 saturated carbocycles. The van der Waals surface area contributed by atoms with Crippen molar-refractivity contribution in [3.05, 3.63) is 65.2 Å². The van der Waals surface area contributed by atoms with Crippen molar-refractivity contribution >= 4 is 28.4 Å². The van der Waals surface area contributed by atoms with E-state index in [1.807, 2.05) is 24.3 Å². The lowest BCUT2D eigenvalue weighted by molar-refractivity contribution is 0.0988. The summed E-state index contributed by atoms with van der Waals surface area (Å²) in [7, 11) is 0. The number of Topliss-reactive ketones (excluding diaryl/α,β-unsaturated/α-hetero) is 1. The fraction of sp³-hybridized carbons (Fsp3) is 0.0667. The minimum Gasteiger partial charge on any atom is -0.292 e. The molecule has 0 radical (unpaired) electrons. The van der Waals surface area contributed by atoms with Gasteiger partial charge in [0, 0.05) is 18.8 Å².